The molecule has 0 radical (unpaired) electrons. The van der Waals surface area contributed by atoms with Gasteiger partial charge in [0.2, 0.25) is 5.95 Å². The SMILES string of the molecule is OCCNc1nc(Nc2ccc(F)c(F)c2)cc(C2CC2)n1. The first kappa shape index (κ1) is 14.6. The van der Waals surface area contributed by atoms with Gasteiger partial charge >= 0.3 is 0 Å². The Morgan fingerprint density at radius 1 is 1.14 bits per heavy atom. The number of aliphatic hydroxyl groups is 1. The van der Waals surface area contributed by atoms with E-state index in [-0.39, 0.29) is 6.61 Å². The lowest BCUT2D eigenvalue weighted by atomic mass is 10.2. The van der Waals surface area contributed by atoms with Crippen LogP contribution >= 0.6 is 0 Å². The largest absolute Gasteiger partial charge is 0.395 e. The van der Waals surface area contributed by atoms with Crippen molar-refractivity contribution in [1.82, 2.24) is 9.97 Å². The minimum atomic E-state index is -0.917. The molecule has 0 aliphatic heterocycles. The highest BCUT2D eigenvalue weighted by Gasteiger charge is 2.26. The summed E-state index contributed by atoms with van der Waals surface area (Å²) in [7, 11) is 0. The summed E-state index contributed by atoms with van der Waals surface area (Å²) in [5, 5.41) is 14.7. The van der Waals surface area contributed by atoms with Crippen molar-refractivity contribution in [2.24, 2.45) is 0 Å². The minimum Gasteiger partial charge on any atom is -0.395 e. The van der Waals surface area contributed by atoms with Gasteiger partial charge in [-0.05, 0) is 25.0 Å². The summed E-state index contributed by atoms with van der Waals surface area (Å²) in [5.41, 5.74) is 1.31. The second kappa shape index (κ2) is 6.23. The van der Waals surface area contributed by atoms with Gasteiger partial charge in [-0.15, -0.1) is 0 Å². The van der Waals surface area contributed by atoms with E-state index in [1.165, 1.54) is 6.07 Å². The maximum absolute atomic E-state index is 13.3. The summed E-state index contributed by atoms with van der Waals surface area (Å²) in [6.45, 7) is 0.321. The van der Waals surface area contributed by atoms with Gasteiger partial charge < -0.3 is 15.7 Å². The fourth-order valence-electron chi connectivity index (χ4n) is 2.09. The topological polar surface area (TPSA) is 70.1 Å². The zero-order chi connectivity index (χ0) is 15.5. The van der Waals surface area contributed by atoms with Crippen molar-refractivity contribution in [3.8, 4) is 0 Å². The van der Waals surface area contributed by atoms with Crippen LogP contribution in [0.4, 0.5) is 26.2 Å². The van der Waals surface area contributed by atoms with E-state index in [0.717, 1.165) is 30.7 Å². The highest BCUT2D eigenvalue weighted by Crippen LogP contribution is 2.40. The Hall–Kier alpha value is -2.28. The van der Waals surface area contributed by atoms with Crippen molar-refractivity contribution < 1.29 is 13.9 Å². The third-order valence-corrected chi connectivity index (χ3v) is 3.33. The Balaban J connectivity index is 1.84. The molecule has 2 aromatic rings. The summed E-state index contributed by atoms with van der Waals surface area (Å²) >= 11 is 0. The van der Waals surface area contributed by atoms with Crippen LogP contribution in [0.2, 0.25) is 0 Å². The minimum absolute atomic E-state index is 0.0248. The molecule has 1 fully saturated rings. The van der Waals surface area contributed by atoms with Crippen molar-refractivity contribution in [3.63, 3.8) is 0 Å². The van der Waals surface area contributed by atoms with Gasteiger partial charge in [0.1, 0.15) is 5.82 Å². The molecular formula is C15H16F2N4O. The van der Waals surface area contributed by atoms with Crippen molar-refractivity contribution in [2.45, 2.75) is 18.8 Å². The predicted octanol–water partition coefficient (Wildman–Crippen LogP) is 2.78. The Morgan fingerprint density at radius 3 is 2.64 bits per heavy atom. The standard InChI is InChI=1S/C15H16F2N4O/c16-11-4-3-10(7-12(11)17)19-14-8-13(9-1-2-9)20-15(21-14)18-5-6-22/h3-4,7-9,22H,1-2,5-6H2,(H2,18,19,20,21). The quantitative estimate of drug-likeness (QED) is 0.765. The normalized spacial score (nSPS) is 14.0. The molecule has 1 saturated carbocycles. The number of halogens is 2. The number of nitrogens with zero attached hydrogens (tertiary/aromatic N) is 2. The van der Waals surface area contributed by atoms with Crippen LogP contribution in [0.25, 0.3) is 0 Å². The monoisotopic (exact) mass is 306 g/mol. The molecule has 1 heterocycles. The molecule has 0 amide bonds. The first-order valence-corrected chi connectivity index (χ1v) is 7.11. The second-order valence-corrected chi connectivity index (χ2v) is 5.18. The molecule has 0 bridgehead atoms. The van der Waals surface area contributed by atoms with Crippen LogP contribution in [-0.2, 0) is 0 Å². The fraction of sp³-hybridized carbons (Fsp3) is 0.333. The lowest BCUT2D eigenvalue weighted by Gasteiger charge is -2.11. The number of aliphatic hydroxyl groups excluding tert-OH is 1. The zero-order valence-electron chi connectivity index (χ0n) is 11.8. The van der Waals surface area contributed by atoms with E-state index in [1.54, 1.807) is 0 Å². The average molecular weight is 306 g/mol. The average Bonchev–Trinajstić information content (AvgIpc) is 3.33. The molecule has 1 aromatic heterocycles. The summed E-state index contributed by atoms with van der Waals surface area (Å²) in [6.07, 6.45) is 2.17. The number of hydrogen-bond acceptors (Lipinski definition) is 5. The summed E-state index contributed by atoms with van der Waals surface area (Å²) in [6, 6.07) is 5.39. The Bertz CT molecular complexity index is 677. The van der Waals surface area contributed by atoms with Gasteiger partial charge in [0, 0.05) is 30.3 Å². The number of anilines is 3. The van der Waals surface area contributed by atoms with Crippen LogP contribution in [0, 0.1) is 11.6 Å². The molecule has 0 saturated heterocycles. The number of benzene rings is 1. The van der Waals surface area contributed by atoms with E-state index >= 15 is 0 Å². The van der Waals surface area contributed by atoms with Gasteiger partial charge in [-0.2, -0.15) is 4.98 Å². The highest BCUT2D eigenvalue weighted by molar-refractivity contribution is 5.58. The van der Waals surface area contributed by atoms with Crippen LogP contribution in [0.5, 0.6) is 0 Å². The van der Waals surface area contributed by atoms with Gasteiger partial charge in [0.25, 0.3) is 0 Å². The van der Waals surface area contributed by atoms with Crippen molar-refractivity contribution in [1.29, 1.82) is 0 Å². The van der Waals surface area contributed by atoms with E-state index in [0.29, 0.717) is 29.9 Å². The van der Waals surface area contributed by atoms with Crippen molar-refractivity contribution in [3.05, 3.63) is 41.6 Å². The van der Waals surface area contributed by atoms with E-state index < -0.39 is 11.6 Å². The third-order valence-electron chi connectivity index (χ3n) is 3.33. The van der Waals surface area contributed by atoms with Crippen LogP contribution in [0.3, 0.4) is 0 Å². The summed E-state index contributed by atoms with van der Waals surface area (Å²) in [4.78, 5) is 8.67. The second-order valence-electron chi connectivity index (χ2n) is 5.18. The zero-order valence-corrected chi connectivity index (χ0v) is 11.8. The Labute approximate surface area is 126 Å². The smallest absolute Gasteiger partial charge is 0.224 e. The molecular weight excluding hydrogens is 290 g/mol. The third kappa shape index (κ3) is 3.48. The number of rotatable bonds is 6. The fourth-order valence-corrected chi connectivity index (χ4v) is 2.09. The molecule has 0 spiro atoms. The van der Waals surface area contributed by atoms with Gasteiger partial charge in [-0.3, -0.25) is 0 Å². The maximum Gasteiger partial charge on any atom is 0.224 e. The van der Waals surface area contributed by atoms with Crippen LogP contribution in [-0.4, -0.2) is 28.2 Å². The number of nitrogens with one attached hydrogen (secondary N) is 2. The molecule has 5 nitrogen and oxygen atoms in total. The molecule has 7 heteroatoms. The Kier molecular flexibility index (Phi) is 4.15. The van der Waals surface area contributed by atoms with E-state index in [9.17, 15) is 8.78 Å². The lowest BCUT2D eigenvalue weighted by Crippen LogP contribution is -2.10. The molecule has 3 rings (SSSR count). The highest BCUT2D eigenvalue weighted by atomic mass is 19.2. The van der Waals surface area contributed by atoms with Crippen LogP contribution in [0.1, 0.15) is 24.5 Å². The first-order chi connectivity index (χ1) is 10.7. The maximum atomic E-state index is 13.3. The summed E-state index contributed by atoms with van der Waals surface area (Å²) in [5.74, 6) is -0.479. The molecule has 1 aliphatic carbocycles. The molecule has 116 valence electrons. The molecule has 22 heavy (non-hydrogen) atoms. The van der Waals surface area contributed by atoms with Crippen LogP contribution < -0.4 is 10.6 Å². The number of hydrogen-bond donors (Lipinski definition) is 3. The van der Waals surface area contributed by atoms with E-state index in [2.05, 4.69) is 20.6 Å². The molecule has 0 unspecified atom stereocenters. The van der Waals surface area contributed by atoms with Crippen molar-refractivity contribution in [2.75, 3.05) is 23.8 Å². The van der Waals surface area contributed by atoms with Gasteiger partial charge in [-0.25, -0.2) is 13.8 Å². The molecule has 3 N–H and O–H groups in total. The van der Waals surface area contributed by atoms with Gasteiger partial charge in [0.15, 0.2) is 11.6 Å². The van der Waals surface area contributed by atoms with E-state index in [1.807, 2.05) is 6.07 Å². The van der Waals surface area contributed by atoms with Gasteiger partial charge in [-0.1, -0.05) is 0 Å². The molecule has 1 aromatic carbocycles. The summed E-state index contributed by atoms with van der Waals surface area (Å²) < 4.78 is 26.2. The lowest BCUT2D eigenvalue weighted by molar-refractivity contribution is 0.311. The molecule has 1 aliphatic rings. The van der Waals surface area contributed by atoms with Crippen LogP contribution in [0.15, 0.2) is 24.3 Å². The Morgan fingerprint density at radius 2 is 1.95 bits per heavy atom. The van der Waals surface area contributed by atoms with Crippen molar-refractivity contribution >= 4 is 17.5 Å². The molecule has 0 atom stereocenters. The van der Waals surface area contributed by atoms with E-state index in [4.69, 9.17) is 5.11 Å². The number of aromatic nitrogens is 2. The predicted molar refractivity (Wildman–Crippen MR) is 79.2 cm³/mol. The first-order valence-electron chi connectivity index (χ1n) is 7.11. The van der Waals surface area contributed by atoms with Gasteiger partial charge in [0.05, 0.1) is 12.3 Å².